The number of benzene rings is 6. The number of hydrogen-bond donors (Lipinski definition) is 0. The summed E-state index contributed by atoms with van der Waals surface area (Å²) < 4.78 is 4.67. The molecular weight excluding hydrogens is 471 g/mol. The molecule has 8 rings (SSSR count). The van der Waals surface area contributed by atoms with Crippen LogP contribution in [-0.2, 0) is 0 Å². The second-order valence-corrected chi connectivity index (χ2v) is 10.1. The molecule has 39 heavy (non-hydrogen) atoms. The van der Waals surface area contributed by atoms with E-state index in [1.807, 2.05) is 12.1 Å². The van der Waals surface area contributed by atoms with E-state index < -0.39 is 0 Å². The van der Waals surface area contributed by atoms with Crippen LogP contribution in [0.5, 0.6) is 0 Å². The van der Waals surface area contributed by atoms with Crippen molar-refractivity contribution in [3.8, 4) is 22.5 Å². The average Bonchev–Trinajstić information content (AvgIpc) is 3.51. The van der Waals surface area contributed by atoms with Gasteiger partial charge in [0.1, 0.15) is 7.85 Å². The molecule has 6 aromatic carbocycles. The van der Waals surface area contributed by atoms with Gasteiger partial charge in [-0.2, -0.15) is 0 Å². The van der Waals surface area contributed by atoms with E-state index in [9.17, 15) is 0 Å². The van der Waals surface area contributed by atoms with Crippen molar-refractivity contribution in [1.29, 1.82) is 0 Å². The van der Waals surface area contributed by atoms with Gasteiger partial charge in [-0.3, -0.25) is 0 Å². The van der Waals surface area contributed by atoms with Gasteiger partial charge < -0.3 is 9.13 Å². The quantitative estimate of drug-likeness (QED) is 0.219. The molecule has 0 saturated carbocycles. The maximum Gasteiger partial charge on any atom is 0.114 e. The van der Waals surface area contributed by atoms with Crippen LogP contribution in [0, 0.1) is 0 Å². The SMILES string of the molecule is [B]c1cccc2c1c1cc(-c3ccc4c5ccccc5n(-c5ccccc5)c4c3)ccc1n2-c1ccccc1. The van der Waals surface area contributed by atoms with Crippen molar-refractivity contribution >= 4 is 56.9 Å². The minimum Gasteiger partial charge on any atom is -0.309 e. The van der Waals surface area contributed by atoms with E-state index in [0.29, 0.717) is 0 Å². The third kappa shape index (κ3) is 3.30. The maximum atomic E-state index is 6.59. The zero-order chi connectivity index (χ0) is 25.9. The van der Waals surface area contributed by atoms with Crippen molar-refractivity contribution in [3.05, 3.63) is 140 Å². The van der Waals surface area contributed by atoms with E-state index in [2.05, 4.69) is 137 Å². The third-order valence-electron chi connectivity index (χ3n) is 7.86. The molecule has 2 heterocycles. The molecule has 0 saturated heterocycles. The van der Waals surface area contributed by atoms with Gasteiger partial charge in [0.15, 0.2) is 0 Å². The summed E-state index contributed by atoms with van der Waals surface area (Å²) in [6, 6.07) is 49.5. The molecule has 2 aromatic heterocycles. The van der Waals surface area contributed by atoms with Gasteiger partial charge in [0.05, 0.1) is 22.1 Å². The summed E-state index contributed by atoms with van der Waals surface area (Å²) >= 11 is 0. The van der Waals surface area contributed by atoms with Crippen molar-refractivity contribution < 1.29 is 0 Å². The van der Waals surface area contributed by atoms with E-state index in [0.717, 1.165) is 38.6 Å². The summed E-state index contributed by atoms with van der Waals surface area (Å²) in [5, 5.41) is 4.77. The highest BCUT2D eigenvalue weighted by molar-refractivity contribution is 6.41. The molecule has 3 heteroatoms. The minimum absolute atomic E-state index is 0.795. The van der Waals surface area contributed by atoms with Crippen LogP contribution in [0.25, 0.3) is 66.1 Å². The van der Waals surface area contributed by atoms with E-state index in [1.54, 1.807) is 0 Å². The van der Waals surface area contributed by atoms with E-state index in [4.69, 9.17) is 7.85 Å². The molecule has 0 amide bonds. The monoisotopic (exact) mass is 494 g/mol. The second kappa shape index (κ2) is 8.51. The summed E-state index contributed by atoms with van der Waals surface area (Å²) in [5.41, 5.74) is 10.1. The Morgan fingerprint density at radius 1 is 0.385 bits per heavy atom. The lowest BCUT2D eigenvalue weighted by atomic mass is 9.90. The van der Waals surface area contributed by atoms with E-state index in [1.165, 1.54) is 32.9 Å². The Bertz CT molecular complexity index is 2170. The van der Waals surface area contributed by atoms with Gasteiger partial charge in [0.25, 0.3) is 0 Å². The van der Waals surface area contributed by atoms with Gasteiger partial charge >= 0.3 is 0 Å². The third-order valence-corrected chi connectivity index (χ3v) is 7.86. The molecule has 0 spiro atoms. The maximum absolute atomic E-state index is 6.59. The Morgan fingerprint density at radius 2 is 0.949 bits per heavy atom. The number of hydrogen-bond acceptors (Lipinski definition) is 0. The fourth-order valence-electron chi connectivity index (χ4n) is 6.14. The predicted molar refractivity (Wildman–Crippen MR) is 166 cm³/mol. The van der Waals surface area contributed by atoms with Gasteiger partial charge in [-0.1, -0.05) is 90.4 Å². The molecule has 180 valence electrons. The summed E-state index contributed by atoms with van der Waals surface area (Å²) in [7, 11) is 6.59. The second-order valence-electron chi connectivity index (χ2n) is 10.1. The van der Waals surface area contributed by atoms with Crippen LogP contribution >= 0.6 is 0 Å². The first-order valence-electron chi connectivity index (χ1n) is 13.2. The Hall–Kier alpha value is -5.02. The van der Waals surface area contributed by atoms with Crippen LogP contribution in [0.1, 0.15) is 0 Å². The van der Waals surface area contributed by atoms with Crippen molar-refractivity contribution in [1.82, 2.24) is 9.13 Å². The molecule has 2 nitrogen and oxygen atoms in total. The lowest BCUT2D eigenvalue weighted by Gasteiger charge is -2.10. The highest BCUT2D eigenvalue weighted by Gasteiger charge is 2.16. The molecule has 8 aromatic rings. The highest BCUT2D eigenvalue weighted by Crippen LogP contribution is 2.37. The molecule has 0 atom stereocenters. The van der Waals surface area contributed by atoms with Crippen LogP contribution in [0.3, 0.4) is 0 Å². The van der Waals surface area contributed by atoms with Crippen LogP contribution in [0.15, 0.2) is 140 Å². The Kier molecular flexibility index (Phi) is 4.80. The minimum atomic E-state index is 0.795. The normalized spacial score (nSPS) is 11.7. The van der Waals surface area contributed by atoms with Gasteiger partial charge in [0, 0.05) is 32.9 Å². The number of aromatic nitrogens is 2. The molecule has 2 radical (unpaired) electrons. The molecule has 0 unspecified atom stereocenters. The van der Waals surface area contributed by atoms with E-state index in [-0.39, 0.29) is 0 Å². The summed E-state index contributed by atoms with van der Waals surface area (Å²) in [6.07, 6.45) is 0. The first kappa shape index (κ1) is 22.0. The van der Waals surface area contributed by atoms with Crippen LogP contribution in [-0.4, -0.2) is 17.0 Å². The Labute approximate surface area is 227 Å². The van der Waals surface area contributed by atoms with Crippen molar-refractivity contribution in [2.75, 3.05) is 0 Å². The standard InChI is InChI=1S/C36H23BN2/c37-31-15-9-17-34-36(31)30-22-24(19-21-33(30)38(34)26-10-3-1-4-11-26)25-18-20-29-28-14-7-8-16-32(28)39(35(29)23-25)27-12-5-2-6-13-27/h1-23H. The summed E-state index contributed by atoms with van der Waals surface area (Å²) in [5.74, 6) is 0. The predicted octanol–water partition coefficient (Wildman–Crippen LogP) is 8.34. The number of rotatable bonds is 3. The Morgan fingerprint density at radius 3 is 1.72 bits per heavy atom. The average molecular weight is 494 g/mol. The van der Waals surface area contributed by atoms with Crippen molar-refractivity contribution in [2.45, 2.75) is 0 Å². The molecule has 0 N–H and O–H groups in total. The van der Waals surface area contributed by atoms with Gasteiger partial charge in [-0.15, -0.1) is 0 Å². The highest BCUT2D eigenvalue weighted by atomic mass is 15.0. The number of para-hydroxylation sites is 3. The zero-order valence-corrected chi connectivity index (χ0v) is 21.3. The smallest absolute Gasteiger partial charge is 0.114 e. The molecule has 0 bridgehead atoms. The summed E-state index contributed by atoms with van der Waals surface area (Å²) in [4.78, 5) is 0. The zero-order valence-electron chi connectivity index (χ0n) is 21.3. The van der Waals surface area contributed by atoms with Gasteiger partial charge in [-0.25, -0.2) is 0 Å². The topological polar surface area (TPSA) is 9.86 Å². The molecule has 0 aliphatic rings. The molecule has 0 aliphatic heterocycles. The fraction of sp³-hybridized carbons (Fsp3) is 0. The first-order chi connectivity index (χ1) is 19.3. The Balaban J connectivity index is 1.40. The molecule has 0 aliphatic carbocycles. The van der Waals surface area contributed by atoms with Crippen molar-refractivity contribution in [2.24, 2.45) is 0 Å². The van der Waals surface area contributed by atoms with Crippen LogP contribution in [0.4, 0.5) is 0 Å². The van der Waals surface area contributed by atoms with Gasteiger partial charge in [-0.05, 0) is 65.7 Å². The van der Waals surface area contributed by atoms with Crippen molar-refractivity contribution in [3.63, 3.8) is 0 Å². The first-order valence-corrected chi connectivity index (χ1v) is 13.2. The lowest BCUT2D eigenvalue weighted by molar-refractivity contribution is 1.18. The number of fused-ring (bicyclic) bond motifs is 6. The fourth-order valence-corrected chi connectivity index (χ4v) is 6.14. The largest absolute Gasteiger partial charge is 0.309 e. The summed E-state index contributed by atoms with van der Waals surface area (Å²) in [6.45, 7) is 0. The van der Waals surface area contributed by atoms with Crippen LogP contribution in [0.2, 0.25) is 0 Å². The van der Waals surface area contributed by atoms with E-state index >= 15 is 0 Å². The molecule has 0 fully saturated rings. The lowest BCUT2D eigenvalue weighted by Crippen LogP contribution is -2.02. The number of nitrogens with zero attached hydrogens (tertiary/aromatic N) is 2. The van der Waals surface area contributed by atoms with Gasteiger partial charge in [0.2, 0.25) is 0 Å². The van der Waals surface area contributed by atoms with Crippen LogP contribution < -0.4 is 5.46 Å². The molecular formula is C36H23BN2.